The van der Waals surface area contributed by atoms with Crippen molar-refractivity contribution in [1.82, 2.24) is 0 Å². The molecular formula is C33H66O4. The average molecular weight is 527 g/mol. The summed E-state index contributed by atoms with van der Waals surface area (Å²) in [5.74, 6) is -0.0859. The lowest BCUT2D eigenvalue weighted by Crippen LogP contribution is -2.28. The van der Waals surface area contributed by atoms with Crippen LogP contribution in [0, 0.1) is 0 Å². The molecule has 0 aromatic heterocycles. The summed E-state index contributed by atoms with van der Waals surface area (Å²) in [4.78, 5) is 12.2. The van der Waals surface area contributed by atoms with E-state index in [1.165, 1.54) is 122 Å². The van der Waals surface area contributed by atoms with Gasteiger partial charge in [0.15, 0.2) is 0 Å². The van der Waals surface area contributed by atoms with E-state index in [2.05, 4.69) is 20.8 Å². The van der Waals surface area contributed by atoms with Crippen molar-refractivity contribution in [2.75, 3.05) is 26.4 Å². The van der Waals surface area contributed by atoms with E-state index in [9.17, 15) is 4.79 Å². The molecule has 37 heavy (non-hydrogen) atoms. The summed E-state index contributed by atoms with van der Waals surface area (Å²) in [5, 5.41) is 0. The lowest BCUT2D eigenvalue weighted by atomic mass is 10.0. The first-order valence-corrected chi connectivity index (χ1v) is 16.6. The van der Waals surface area contributed by atoms with E-state index in [0.717, 1.165) is 38.9 Å². The van der Waals surface area contributed by atoms with Gasteiger partial charge >= 0.3 is 5.97 Å². The molecule has 0 rings (SSSR count). The van der Waals surface area contributed by atoms with Crippen LogP contribution < -0.4 is 0 Å². The fourth-order valence-corrected chi connectivity index (χ4v) is 4.67. The molecule has 0 N–H and O–H groups in total. The molecular weight excluding hydrogens is 460 g/mol. The van der Waals surface area contributed by atoms with Crippen molar-refractivity contribution >= 4 is 5.97 Å². The Hall–Kier alpha value is -0.610. The molecule has 222 valence electrons. The predicted octanol–water partition coefficient (Wildman–Crippen LogP) is 10.4. The van der Waals surface area contributed by atoms with E-state index in [0.29, 0.717) is 19.6 Å². The molecule has 0 aromatic carbocycles. The summed E-state index contributed by atoms with van der Waals surface area (Å²) < 4.78 is 17.4. The van der Waals surface area contributed by atoms with Crippen molar-refractivity contribution in [3.8, 4) is 0 Å². The lowest BCUT2D eigenvalue weighted by Gasteiger charge is -2.18. The van der Waals surface area contributed by atoms with Crippen LogP contribution in [0.3, 0.4) is 0 Å². The normalized spacial score (nSPS) is 12.2. The zero-order chi connectivity index (χ0) is 27.1. The van der Waals surface area contributed by atoms with E-state index in [1.54, 1.807) is 0 Å². The van der Waals surface area contributed by atoms with E-state index in [4.69, 9.17) is 14.2 Å². The van der Waals surface area contributed by atoms with Gasteiger partial charge in [-0.15, -0.1) is 0 Å². The Balaban J connectivity index is 3.71. The summed E-state index contributed by atoms with van der Waals surface area (Å²) in [6.45, 7) is 9.05. The van der Waals surface area contributed by atoms with Crippen molar-refractivity contribution in [3.63, 3.8) is 0 Å². The van der Waals surface area contributed by atoms with Crippen molar-refractivity contribution in [1.29, 1.82) is 0 Å². The third-order valence-electron chi connectivity index (χ3n) is 7.21. The largest absolute Gasteiger partial charge is 0.463 e. The van der Waals surface area contributed by atoms with Gasteiger partial charge in [-0.3, -0.25) is 4.79 Å². The molecule has 0 saturated carbocycles. The number of carbonyl (C=O) groups is 1. The average Bonchev–Trinajstić information content (AvgIpc) is 2.90. The van der Waals surface area contributed by atoms with Crippen LogP contribution in [0.15, 0.2) is 0 Å². The Morgan fingerprint density at radius 1 is 0.486 bits per heavy atom. The maximum absolute atomic E-state index is 12.2. The highest BCUT2D eigenvalue weighted by atomic mass is 16.6. The molecule has 0 spiro atoms. The molecule has 0 radical (unpaired) electrons. The fourth-order valence-electron chi connectivity index (χ4n) is 4.67. The maximum atomic E-state index is 12.2. The summed E-state index contributed by atoms with van der Waals surface area (Å²) in [6, 6.07) is 0. The second-order valence-corrected chi connectivity index (χ2v) is 11.1. The van der Waals surface area contributed by atoms with Crippen LogP contribution in [0.4, 0.5) is 0 Å². The van der Waals surface area contributed by atoms with Crippen LogP contribution in [-0.4, -0.2) is 38.5 Å². The Morgan fingerprint density at radius 2 is 0.892 bits per heavy atom. The fraction of sp³-hybridized carbons (Fsp3) is 0.970. The molecule has 0 aliphatic rings. The highest BCUT2D eigenvalue weighted by molar-refractivity contribution is 5.69. The van der Waals surface area contributed by atoms with Gasteiger partial charge in [0.2, 0.25) is 0 Å². The Bertz CT molecular complexity index is 440. The summed E-state index contributed by atoms with van der Waals surface area (Å²) in [6.07, 6.45) is 29.9. The maximum Gasteiger partial charge on any atom is 0.305 e. The zero-order valence-electron chi connectivity index (χ0n) is 25.5. The van der Waals surface area contributed by atoms with Crippen LogP contribution in [-0.2, 0) is 19.0 Å². The van der Waals surface area contributed by atoms with Crippen molar-refractivity contribution in [2.24, 2.45) is 0 Å². The molecule has 1 unspecified atom stereocenters. The van der Waals surface area contributed by atoms with E-state index in [1.807, 2.05) is 0 Å². The first-order valence-electron chi connectivity index (χ1n) is 16.6. The molecule has 4 heteroatoms. The van der Waals surface area contributed by atoms with Crippen molar-refractivity contribution in [2.45, 2.75) is 181 Å². The number of carbonyl (C=O) groups excluding carboxylic acids is 1. The van der Waals surface area contributed by atoms with Crippen LogP contribution in [0.25, 0.3) is 0 Å². The Kier molecular flexibility index (Phi) is 31.1. The highest BCUT2D eigenvalue weighted by Crippen LogP contribution is 2.14. The third kappa shape index (κ3) is 29.8. The van der Waals surface area contributed by atoms with Gasteiger partial charge in [-0.1, -0.05) is 149 Å². The Labute approximate surface area is 232 Å². The number of unbranched alkanes of at least 4 members (excludes halogenated alkanes) is 20. The molecule has 0 bridgehead atoms. The summed E-state index contributed by atoms with van der Waals surface area (Å²) >= 11 is 0. The van der Waals surface area contributed by atoms with Gasteiger partial charge in [-0.25, -0.2) is 0 Å². The monoisotopic (exact) mass is 526 g/mol. The van der Waals surface area contributed by atoms with Crippen LogP contribution in [0.1, 0.15) is 175 Å². The smallest absolute Gasteiger partial charge is 0.305 e. The summed E-state index contributed by atoms with van der Waals surface area (Å²) in [7, 11) is 0. The van der Waals surface area contributed by atoms with Gasteiger partial charge in [-0.05, 0) is 19.3 Å². The second-order valence-electron chi connectivity index (χ2n) is 11.1. The molecule has 0 aromatic rings. The minimum absolute atomic E-state index is 0.0859. The van der Waals surface area contributed by atoms with Crippen LogP contribution in [0.2, 0.25) is 0 Å². The minimum Gasteiger partial charge on any atom is -0.463 e. The van der Waals surface area contributed by atoms with Gasteiger partial charge < -0.3 is 14.2 Å². The number of hydrogen-bond donors (Lipinski definition) is 0. The van der Waals surface area contributed by atoms with Crippen LogP contribution >= 0.6 is 0 Å². The number of hydrogen-bond acceptors (Lipinski definition) is 4. The Morgan fingerprint density at radius 3 is 1.38 bits per heavy atom. The first-order chi connectivity index (χ1) is 18.2. The van der Waals surface area contributed by atoms with E-state index in [-0.39, 0.29) is 12.1 Å². The molecule has 0 saturated heterocycles. The third-order valence-corrected chi connectivity index (χ3v) is 7.21. The second kappa shape index (κ2) is 31.6. The number of ether oxygens (including phenoxy) is 3. The quantitative estimate of drug-likeness (QED) is 0.0665. The predicted molar refractivity (Wildman–Crippen MR) is 159 cm³/mol. The highest BCUT2D eigenvalue weighted by Gasteiger charge is 2.13. The van der Waals surface area contributed by atoms with Gasteiger partial charge in [0.1, 0.15) is 12.7 Å². The zero-order valence-corrected chi connectivity index (χ0v) is 25.5. The van der Waals surface area contributed by atoms with Crippen LogP contribution in [0.5, 0.6) is 0 Å². The van der Waals surface area contributed by atoms with Gasteiger partial charge in [0.25, 0.3) is 0 Å². The topological polar surface area (TPSA) is 44.8 Å². The molecule has 0 heterocycles. The molecule has 0 aliphatic carbocycles. The first kappa shape index (κ1) is 36.4. The standard InChI is InChI=1S/C33H66O4/c1-4-7-10-13-14-15-16-17-18-19-20-21-22-23-24-27-33(34)37-31-32(36-29-26-12-9-6-3)30-35-28-25-11-8-5-2/h32H,4-31H2,1-3H3. The van der Waals surface area contributed by atoms with Gasteiger partial charge in [-0.2, -0.15) is 0 Å². The number of esters is 1. The minimum atomic E-state index is -0.141. The molecule has 0 amide bonds. The van der Waals surface area contributed by atoms with Crippen molar-refractivity contribution < 1.29 is 19.0 Å². The van der Waals surface area contributed by atoms with E-state index >= 15 is 0 Å². The molecule has 4 nitrogen and oxygen atoms in total. The van der Waals surface area contributed by atoms with E-state index < -0.39 is 0 Å². The van der Waals surface area contributed by atoms with Crippen molar-refractivity contribution in [3.05, 3.63) is 0 Å². The van der Waals surface area contributed by atoms with Gasteiger partial charge in [0, 0.05) is 19.6 Å². The SMILES string of the molecule is CCCCCCCCCCCCCCCCCC(=O)OCC(COCCCCCC)OCCCCCC. The van der Waals surface area contributed by atoms with Gasteiger partial charge in [0.05, 0.1) is 6.61 Å². The lowest BCUT2D eigenvalue weighted by molar-refractivity contribution is -0.150. The molecule has 0 aliphatic heterocycles. The number of rotatable bonds is 31. The molecule has 0 fully saturated rings. The summed E-state index contributed by atoms with van der Waals surface area (Å²) in [5.41, 5.74) is 0. The molecule has 1 atom stereocenters.